The molecule has 1 N–H and O–H groups in total. The molecule has 0 aromatic carbocycles. The third kappa shape index (κ3) is 2.24. The van der Waals surface area contributed by atoms with Crippen LogP contribution in [-0.4, -0.2) is 29.1 Å². The number of aliphatic carboxylic acids is 1. The Balaban J connectivity index is 1.94. The molecule has 1 fully saturated rings. The van der Waals surface area contributed by atoms with E-state index in [0.29, 0.717) is 19.1 Å². The molecule has 2 rings (SSSR count). The van der Waals surface area contributed by atoms with Crippen LogP contribution < -0.4 is 0 Å². The minimum Gasteiger partial charge on any atom is -0.481 e. The maximum Gasteiger partial charge on any atom is 0.309 e. The smallest absolute Gasteiger partial charge is 0.309 e. The van der Waals surface area contributed by atoms with Crippen molar-refractivity contribution in [3.8, 4) is 0 Å². The monoisotopic (exact) mass is 289 g/mol. The van der Waals surface area contributed by atoms with E-state index in [2.05, 4.69) is 39.2 Å². The predicted molar refractivity (Wildman–Crippen MR) is 63.1 cm³/mol. The van der Waals surface area contributed by atoms with Crippen LogP contribution in [0.2, 0.25) is 0 Å². The molecule has 82 valence electrons. The van der Waals surface area contributed by atoms with Crippen LogP contribution in [0.1, 0.15) is 17.8 Å². The quantitative estimate of drug-likeness (QED) is 0.930. The molecule has 1 aromatic heterocycles. The Hall–Kier alpha value is -0.390. The molecule has 0 bridgehead atoms. The summed E-state index contributed by atoms with van der Waals surface area (Å²) >= 11 is 5.13. The fraction of sp³-hybridized carbons (Fsp3) is 0.500. The molecule has 0 saturated carbocycles. The molecule has 15 heavy (non-hydrogen) atoms. The van der Waals surface area contributed by atoms with E-state index in [0.717, 1.165) is 4.47 Å². The van der Waals surface area contributed by atoms with Crippen molar-refractivity contribution in [3.63, 3.8) is 0 Å². The van der Waals surface area contributed by atoms with Gasteiger partial charge in [0.05, 0.1) is 5.92 Å². The number of halogens is 1. The van der Waals surface area contributed by atoms with Crippen molar-refractivity contribution in [2.75, 3.05) is 13.1 Å². The first-order valence-electron chi connectivity index (χ1n) is 4.78. The van der Waals surface area contributed by atoms with Gasteiger partial charge in [-0.3, -0.25) is 9.69 Å². The van der Waals surface area contributed by atoms with E-state index in [9.17, 15) is 4.79 Å². The van der Waals surface area contributed by atoms with E-state index in [-0.39, 0.29) is 5.92 Å². The Morgan fingerprint density at radius 2 is 2.40 bits per heavy atom. The molecule has 5 heteroatoms. The highest BCUT2D eigenvalue weighted by Gasteiger charge is 2.35. The number of rotatable bonds is 3. The lowest BCUT2D eigenvalue weighted by Gasteiger charge is -2.40. The van der Waals surface area contributed by atoms with Gasteiger partial charge in [-0.05, 0) is 28.9 Å². The average molecular weight is 290 g/mol. The second-order valence-corrected chi connectivity index (χ2v) is 5.69. The molecular weight excluding hydrogens is 278 g/mol. The number of hydrogen-bond donors (Lipinski definition) is 1. The lowest BCUT2D eigenvalue weighted by molar-refractivity contribution is -0.148. The summed E-state index contributed by atoms with van der Waals surface area (Å²) in [4.78, 5) is 14.1. The van der Waals surface area contributed by atoms with Crippen molar-refractivity contribution in [1.29, 1.82) is 0 Å². The van der Waals surface area contributed by atoms with Crippen LogP contribution in [0, 0.1) is 5.92 Å². The molecule has 1 unspecified atom stereocenters. The fourth-order valence-electron chi connectivity index (χ4n) is 1.71. The maximum absolute atomic E-state index is 10.7. The van der Waals surface area contributed by atoms with Crippen molar-refractivity contribution in [2.24, 2.45) is 5.92 Å². The van der Waals surface area contributed by atoms with Crippen molar-refractivity contribution in [3.05, 3.63) is 20.8 Å². The Bertz CT molecular complexity index is 373. The summed E-state index contributed by atoms with van der Waals surface area (Å²) in [6.45, 7) is 3.47. The number of carbonyl (C=O) groups is 1. The third-order valence-electron chi connectivity index (χ3n) is 2.81. The van der Waals surface area contributed by atoms with Gasteiger partial charge in [0, 0.05) is 33.9 Å². The van der Waals surface area contributed by atoms with Crippen LogP contribution in [0.4, 0.5) is 0 Å². The Morgan fingerprint density at radius 1 is 1.73 bits per heavy atom. The van der Waals surface area contributed by atoms with Gasteiger partial charge in [0.25, 0.3) is 0 Å². The molecule has 1 aliphatic heterocycles. The second-order valence-electron chi connectivity index (χ2n) is 3.83. The highest BCUT2D eigenvalue weighted by Crippen LogP contribution is 2.33. The maximum atomic E-state index is 10.7. The van der Waals surface area contributed by atoms with Crippen LogP contribution in [0.15, 0.2) is 15.9 Å². The minimum absolute atomic E-state index is 0.171. The van der Waals surface area contributed by atoms with Crippen LogP contribution >= 0.6 is 27.3 Å². The van der Waals surface area contributed by atoms with Gasteiger partial charge in [0.1, 0.15) is 0 Å². The largest absolute Gasteiger partial charge is 0.481 e. The standard InChI is InChI=1S/C10H12BrNO2S/c1-6(9-2-8(11)5-15-9)12-3-7(4-12)10(13)14/h2,5-7H,3-4H2,1H3,(H,13,14). The number of nitrogens with zero attached hydrogens (tertiary/aromatic N) is 1. The number of carboxylic acid groups (broad SMARTS) is 1. The summed E-state index contributed by atoms with van der Waals surface area (Å²) < 4.78 is 1.10. The molecular formula is C10H12BrNO2S. The van der Waals surface area contributed by atoms with Gasteiger partial charge in [0.15, 0.2) is 0 Å². The Morgan fingerprint density at radius 3 is 2.87 bits per heavy atom. The van der Waals surface area contributed by atoms with Crippen LogP contribution in [0.3, 0.4) is 0 Å². The lowest BCUT2D eigenvalue weighted by atomic mass is 9.98. The summed E-state index contributed by atoms with van der Waals surface area (Å²) in [7, 11) is 0. The zero-order valence-corrected chi connectivity index (χ0v) is 10.7. The second kappa shape index (κ2) is 4.23. The molecule has 0 spiro atoms. The third-order valence-corrected chi connectivity index (χ3v) is 4.67. The molecule has 2 heterocycles. The molecule has 0 amide bonds. The van der Waals surface area contributed by atoms with E-state index in [1.807, 2.05) is 0 Å². The number of carboxylic acids is 1. The van der Waals surface area contributed by atoms with Crippen LogP contribution in [-0.2, 0) is 4.79 Å². The molecule has 1 aromatic rings. The summed E-state index contributed by atoms with van der Waals surface area (Å²) in [6, 6.07) is 2.43. The molecule has 0 aliphatic carbocycles. The summed E-state index contributed by atoms with van der Waals surface area (Å²) in [5, 5.41) is 10.8. The number of hydrogen-bond acceptors (Lipinski definition) is 3. The van der Waals surface area contributed by atoms with Gasteiger partial charge in [-0.1, -0.05) is 0 Å². The predicted octanol–water partition coefficient (Wildman–Crippen LogP) is 2.59. The first kappa shape index (κ1) is 11.1. The van der Waals surface area contributed by atoms with E-state index in [4.69, 9.17) is 5.11 Å². The first-order chi connectivity index (χ1) is 7.08. The van der Waals surface area contributed by atoms with Crippen molar-refractivity contribution >= 4 is 33.2 Å². The van der Waals surface area contributed by atoms with Crippen LogP contribution in [0.25, 0.3) is 0 Å². The summed E-state index contributed by atoms with van der Waals surface area (Å²) in [6.07, 6.45) is 0. The lowest BCUT2D eigenvalue weighted by Crippen LogP contribution is -2.50. The van der Waals surface area contributed by atoms with Gasteiger partial charge >= 0.3 is 5.97 Å². The van der Waals surface area contributed by atoms with Crippen molar-refractivity contribution in [2.45, 2.75) is 13.0 Å². The molecule has 1 saturated heterocycles. The summed E-state index contributed by atoms with van der Waals surface area (Å²) in [5.41, 5.74) is 0. The molecule has 0 radical (unpaired) electrons. The SMILES string of the molecule is CC(c1cc(Br)cs1)N1CC(C(=O)O)C1. The van der Waals surface area contributed by atoms with Crippen molar-refractivity contribution in [1.82, 2.24) is 4.90 Å². The molecule has 1 atom stereocenters. The van der Waals surface area contributed by atoms with Gasteiger partial charge in [-0.15, -0.1) is 11.3 Å². The van der Waals surface area contributed by atoms with E-state index in [1.54, 1.807) is 11.3 Å². The zero-order valence-electron chi connectivity index (χ0n) is 8.31. The van der Waals surface area contributed by atoms with Gasteiger partial charge < -0.3 is 5.11 Å². The zero-order chi connectivity index (χ0) is 11.0. The van der Waals surface area contributed by atoms with Crippen molar-refractivity contribution < 1.29 is 9.90 Å². The summed E-state index contributed by atoms with van der Waals surface area (Å²) in [5.74, 6) is -0.846. The fourth-order valence-corrected chi connectivity index (χ4v) is 3.25. The van der Waals surface area contributed by atoms with Crippen LogP contribution in [0.5, 0.6) is 0 Å². The molecule has 3 nitrogen and oxygen atoms in total. The first-order valence-corrected chi connectivity index (χ1v) is 6.46. The van der Waals surface area contributed by atoms with E-state index < -0.39 is 5.97 Å². The van der Waals surface area contributed by atoms with Gasteiger partial charge in [-0.2, -0.15) is 0 Å². The minimum atomic E-state index is -0.675. The molecule has 1 aliphatic rings. The van der Waals surface area contributed by atoms with E-state index in [1.165, 1.54) is 4.88 Å². The highest BCUT2D eigenvalue weighted by atomic mass is 79.9. The highest BCUT2D eigenvalue weighted by molar-refractivity contribution is 9.10. The normalized spacial score (nSPS) is 19.9. The number of likely N-dealkylation sites (tertiary alicyclic amines) is 1. The van der Waals surface area contributed by atoms with E-state index >= 15 is 0 Å². The average Bonchev–Trinajstić information content (AvgIpc) is 2.48. The Labute approximate surface area is 101 Å². The number of thiophene rings is 1. The van der Waals surface area contributed by atoms with Gasteiger partial charge in [-0.25, -0.2) is 0 Å². The topological polar surface area (TPSA) is 40.5 Å². The Kier molecular flexibility index (Phi) is 3.13. The van der Waals surface area contributed by atoms with Gasteiger partial charge in [0.2, 0.25) is 0 Å².